The molecule has 2 saturated heterocycles. The largest absolute Gasteiger partial charge is 1.00 e. The number of likely N-dealkylation sites (tertiary alicyclic amines) is 1. The van der Waals surface area contributed by atoms with Crippen molar-refractivity contribution in [1.82, 2.24) is 4.90 Å². The number of ether oxygens (including phenoxy) is 4. The van der Waals surface area contributed by atoms with Crippen LogP contribution < -0.4 is 34.7 Å². The minimum Gasteiger partial charge on any atom is -0.548 e. The smallest absolute Gasteiger partial charge is 0.548 e. The standard InChI is InChI=1S/C51H79NO13.Na/c1-31(26-35(5)45(55)47(64-10)46(56)36(6)28-34(4)41(53)23-19-32(2)27-38-21-24-42(54)44(29-38)63-9)16-12-11-13-17-33(3)43(62-8)30-39-22-20-37(7)51(61,65-39)48(57)49(58)52-25-15-14-18-40(52)50(59)60;/h11-13,16-17,19,23,28,31-32,34-35,37-40,42-44,46-47,54,56,61H,14-15,18,20-22,24-27,29-30H2,1-10H3,(H,59,60);/q;+1/p-1/b13-11+,16-12+,23-19-,33-17+,36-28+;/t31-,32+,34-,35-,37-,38+,39+,40+,42-,43+,44-,46-,47+,51-;/m1./s1. The monoisotopic (exact) mass is 936 g/mol. The Balaban J connectivity index is 0.0000150. The summed E-state index contributed by atoms with van der Waals surface area (Å²) in [5, 5.41) is 44.4. The first-order valence-corrected chi connectivity index (χ1v) is 23.5. The number of carboxylic acid groups (broad SMARTS) is 1. The molecule has 66 heavy (non-hydrogen) atoms. The van der Waals surface area contributed by atoms with Crippen molar-refractivity contribution in [2.45, 2.75) is 168 Å². The Labute approximate surface area is 415 Å². The molecule has 1 aliphatic carbocycles. The third-order valence-electron chi connectivity index (χ3n) is 13.7. The first kappa shape index (κ1) is 59.5. The Hall–Kier alpha value is -2.63. The fourth-order valence-corrected chi connectivity index (χ4v) is 9.47. The van der Waals surface area contributed by atoms with Crippen LogP contribution in [0.15, 0.2) is 59.8 Å². The number of aliphatic carboxylic acids is 1. The van der Waals surface area contributed by atoms with E-state index < -0.39 is 77.8 Å². The van der Waals surface area contributed by atoms with Gasteiger partial charge < -0.3 is 49.1 Å². The molecule has 0 aromatic rings. The molecule has 2 heterocycles. The number of piperidine rings is 1. The average molecular weight is 936 g/mol. The number of ketones is 3. The number of nitrogens with zero attached hydrogens (tertiary/aromatic N) is 1. The van der Waals surface area contributed by atoms with Crippen LogP contribution in [-0.4, -0.2) is 126 Å². The quantitative estimate of drug-likeness (QED) is 0.0418. The van der Waals surface area contributed by atoms with Crippen molar-refractivity contribution in [2.24, 2.45) is 35.5 Å². The van der Waals surface area contributed by atoms with E-state index in [0.717, 1.165) is 29.7 Å². The number of carbonyl (C=O) groups excluding carboxylic acids is 5. The van der Waals surface area contributed by atoms with Gasteiger partial charge in [0.1, 0.15) is 12.2 Å². The van der Waals surface area contributed by atoms with Gasteiger partial charge in [0.25, 0.3) is 11.7 Å². The maximum Gasteiger partial charge on any atom is 1.00 e. The van der Waals surface area contributed by atoms with Gasteiger partial charge in [0.15, 0.2) is 11.6 Å². The maximum atomic E-state index is 13.5. The Bertz CT molecular complexity index is 1760. The number of hydrogen-bond donors (Lipinski definition) is 3. The first-order valence-electron chi connectivity index (χ1n) is 23.5. The van der Waals surface area contributed by atoms with Gasteiger partial charge in [0, 0.05) is 52.0 Å². The third-order valence-corrected chi connectivity index (χ3v) is 13.7. The minimum absolute atomic E-state index is 0. The molecule has 1 saturated carbocycles. The van der Waals surface area contributed by atoms with Crippen molar-refractivity contribution in [2.75, 3.05) is 27.9 Å². The molecule has 3 rings (SSSR count). The molecule has 0 unspecified atom stereocenters. The number of aliphatic hydroxyl groups is 3. The molecule has 14 nitrogen and oxygen atoms in total. The second-order valence-electron chi connectivity index (χ2n) is 19.0. The molecule has 0 spiro atoms. The summed E-state index contributed by atoms with van der Waals surface area (Å²) >= 11 is 0. The van der Waals surface area contributed by atoms with Crippen molar-refractivity contribution < 1.29 is 92.9 Å². The molecule has 1 amide bonds. The average Bonchev–Trinajstić information content (AvgIpc) is 3.28. The Morgan fingerprint density at radius 3 is 2.21 bits per heavy atom. The van der Waals surface area contributed by atoms with Crippen molar-refractivity contribution in [3.05, 3.63) is 59.8 Å². The van der Waals surface area contributed by atoms with Gasteiger partial charge in [0.05, 0.1) is 36.4 Å². The van der Waals surface area contributed by atoms with Gasteiger partial charge in [-0.25, -0.2) is 0 Å². The summed E-state index contributed by atoms with van der Waals surface area (Å²) in [4.78, 5) is 65.8. The van der Waals surface area contributed by atoms with Crippen LogP contribution >= 0.6 is 0 Å². The number of rotatable bonds is 24. The molecule has 2 aliphatic heterocycles. The van der Waals surface area contributed by atoms with E-state index in [2.05, 4.69) is 6.92 Å². The summed E-state index contributed by atoms with van der Waals surface area (Å²) in [5.74, 6) is -7.43. The Kier molecular flexibility index (Phi) is 25.9. The van der Waals surface area contributed by atoms with Crippen LogP contribution in [0.2, 0.25) is 0 Å². The van der Waals surface area contributed by atoms with Gasteiger partial charge >= 0.3 is 29.6 Å². The SMILES string of the molecule is CO[C@@H](C[C@@H]1CC[C@@H](C)[C@](O)(C(=O)C(=O)N2CCCC[C@H]2C(=O)[O-])O1)/C(C)=C/C=C/C=C/[C@@H](C)C[C@@H](C)C(=O)[C@H](OC)[C@H](O)/C(C)=C/[C@@H](C)C(=O)/C=C\[C@H](C)C[C@@H]1CC[C@@H](O)[C@H](OC)C1.[Na+]. The second-order valence-corrected chi connectivity index (χ2v) is 19.0. The van der Waals surface area contributed by atoms with Gasteiger partial charge in [0.2, 0.25) is 5.79 Å². The molecule has 0 aromatic carbocycles. The van der Waals surface area contributed by atoms with Gasteiger partial charge in [-0.2, -0.15) is 0 Å². The molecule has 0 aromatic heterocycles. The van der Waals surface area contributed by atoms with E-state index in [0.29, 0.717) is 56.4 Å². The Morgan fingerprint density at radius 1 is 0.879 bits per heavy atom. The molecular formula is C51H78NNaO13. The number of allylic oxidation sites excluding steroid dienone is 8. The van der Waals surface area contributed by atoms with E-state index in [-0.39, 0.29) is 72.0 Å². The molecule has 3 N–H and O–H groups in total. The third kappa shape index (κ3) is 17.1. The van der Waals surface area contributed by atoms with E-state index in [1.54, 1.807) is 47.1 Å². The molecule has 15 heteroatoms. The summed E-state index contributed by atoms with van der Waals surface area (Å²) in [6, 6.07) is -1.23. The molecular weight excluding hydrogens is 858 g/mol. The van der Waals surface area contributed by atoms with E-state index in [1.165, 1.54) is 7.11 Å². The number of carbonyl (C=O) groups is 5. The van der Waals surface area contributed by atoms with Gasteiger partial charge in [-0.15, -0.1) is 0 Å². The van der Waals surface area contributed by atoms with Gasteiger partial charge in [-0.3, -0.25) is 19.2 Å². The van der Waals surface area contributed by atoms with Crippen molar-refractivity contribution in [1.29, 1.82) is 0 Å². The maximum absolute atomic E-state index is 13.5. The molecule has 3 aliphatic rings. The fraction of sp³-hybridized carbons (Fsp3) is 0.706. The fourth-order valence-electron chi connectivity index (χ4n) is 9.47. The summed E-state index contributed by atoms with van der Waals surface area (Å²) in [5.41, 5.74) is 1.34. The van der Waals surface area contributed by atoms with Gasteiger partial charge in [-0.1, -0.05) is 77.2 Å². The minimum atomic E-state index is -2.40. The van der Waals surface area contributed by atoms with Gasteiger partial charge in [-0.05, 0) is 113 Å². The van der Waals surface area contributed by atoms with E-state index >= 15 is 0 Å². The normalized spacial score (nSPS) is 28.9. The van der Waals surface area contributed by atoms with Crippen molar-refractivity contribution >= 4 is 29.2 Å². The van der Waals surface area contributed by atoms with Crippen LogP contribution in [0, 0.1) is 35.5 Å². The van der Waals surface area contributed by atoms with E-state index in [1.807, 2.05) is 57.2 Å². The first-order chi connectivity index (χ1) is 30.7. The van der Waals surface area contributed by atoms with Crippen LogP contribution in [0.5, 0.6) is 0 Å². The molecule has 3 fully saturated rings. The number of Topliss-reactive ketones (excluding diaryl/α,β-unsaturated/α-hetero) is 2. The predicted octanol–water partition coefficient (Wildman–Crippen LogP) is 2.18. The molecule has 366 valence electrons. The zero-order chi connectivity index (χ0) is 48.6. The van der Waals surface area contributed by atoms with E-state index in [4.69, 9.17) is 18.9 Å². The summed E-state index contributed by atoms with van der Waals surface area (Å²) in [6.45, 7) is 12.9. The molecule has 0 radical (unpaired) electrons. The topological polar surface area (TPSA) is 209 Å². The number of amides is 1. The van der Waals surface area contributed by atoms with Crippen LogP contribution in [0.4, 0.5) is 0 Å². The number of methoxy groups -OCH3 is 3. The van der Waals surface area contributed by atoms with Crippen molar-refractivity contribution in [3.63, 3.8) is 0 Å². The number of carboxylic acids is 1. The van der Waals surface area contributed by atoms with Crippen LogP contribution in [-0.2, 0) is 42.9 Å². The summed E-state index contributed by atoms with van der Waals surface area (Å²) < 4.78 is 22.6. The second kappa shape index (κ2) is 28.8. The zero-order valence-electron chi connectivity index (χ0n) is 41.5. The summed E-state index contributed by atoms with van der Waals surface area (Å²) in [6.07, 6.45) is 17.1. The number of aliphatic hydroxyl groups excluding tert-OH is 2. The molecule has 14 atom stereocenters. The van der Waals surface area contributed by atoms with E-state index in [9.17, 15) is 44.4 Å². The Morgan fingerprint density at radius 2 is 1.58 bits per heavy atom. The van der Waals surface area contributed by atoms with Crippen molar-refractivity contribution in [3.8, 4) is 0 Å². The van der Waals surface area contributed by atoms with Crippen LogP contribution in [0.3, 0.4) is 0 Å². The summed E-state index contributed by atoms with van der Waals surface area (Å²) in [7, 11) is 4.57. The molecule has 0 bridgehead atoms. The van der Waals surface area contributed by atoms with Crippen LogP contribution in [0.1, 0.15) is 119 Å². The zero-order valence-corrected chi connectivity index (χ0v) is 43.5. The predicted molar refractivity (Wildman–Crippen MR) is 245 cm³/mol. The number of hydrogen-bond acceptors (Lipinski definition) is 13. The van der Waals surface area contributed by atoms with Crippen LogP contribution in [0.25, 0.3) is 0 Å².